The molecule has 0 heterocycles. The highest BCUT2D eigenvalue weighted by Gasteiger charge is 2.21. The molecule has 0 saturated carbocycles. The van der Waals surface area contributed by atoms with Gasteiger partial charge in [0.15, 0.2) is 0 Å². The molecule has 0 aliphatic carbocycles. The summed E-state index contributed by atoms with van der Waals surface area (Å²) in [6.07, 6.45) is 1.65. The topological polar surface area (TPSA) is 75.3 Å². The number of sulfonamides is 1. The molecule has 0 aliphatic heterocycles. The van der Waals surface area contributed by atoms with E-state index in [0.29, 0.717) is 0 Å². The van der Waals surface area contributed by atoms with Crippen molar-refractivity contribution in [1.82, 2.24) is 10.0 Å². The Bertz CT molecular complexity index is 883. The van der Waals surface area contributed by atoms with E-state index >= 15 is 0 Å². The van der Waals surface area contributed by atoms with Gasteiger partial charge in [-0.1, -0.05) is 55.3 Å². The van der Waals surface area contributed by atoms with E-state index in [1.807, 2.05) is 37.3 Å². The third kappa shape index (κ3) is 5.79. The van der Waals surface area contributed by atoms with Gasteiger partial charge in [0.05, 0.1) is 21.5 Å². The summed E-state index contributed by atoms with van der Waals surface area (Å²) in [5.74, 6) is -0.399. The number of rotatable bonds is 8. The van der Waals surface area contributed by atoms with Gasteiger partial charge in [-0.15, -0.1) is 0 Å². The lowest BCUT2D eigenvalue weighted by atomic mass is 10.0. The molecule has 5 nitrogen and oxygen atoms in total. The molecule has 0 spiro atoms. The zero-order chi connectivity index (χ0) is 20.0. The minimum absolute atomic E-state index is 0.0116. The first-order chi connectivity index (χ1) is 12.7. The van der Waals surface area contributed by atoms with Gasteiger partial charge in [0.25, 0.3) is 5.91 Å². The van der Waals surface area contributed by atoms with E-state index in [0.717, 1.165) is 18.4 Å². The van der Waals surface area contributed by atoms with E-state index in [1.54, 1.807) is 13.8 Å². The van der Waals surface area contributed by atoms with Gasteiger partial charge in [-0.3, -0.25) is 4.79 Å². The first kappa shape index (κ1) is 21.4. The summed E-state index contributed by atoms with van der Waals surface area (Å²) in [4.78, 5) is 12.8. The molecule has 146 valence electrons. The van der Waals surface area contributed by atoms with Crippen molar-refractivity contribution in [3.05, 3.63) is 64.7 Å². The fourth-order valence-electron chi connectivity index (χ4n) is 2.76. The Morgan fingerprint density at radius 2 is 1.78 bits per heavy atom. The van der Waals surface area contributed by atoms with Gasteiger partial charge in [-0.05, 0) is 44.0 Å². The Kier molecular flexibility index (Phi) is 7.41. The lowest BCUT2D eigenvalue weighted by molar-refractivity contribution is 0.0934. The summed E-state index contributed by atoms with van der Waals surface area (Å²) in [5, 5.41) is 3.18. The van der Waals surface area contributed by atoms with Crippen molar-refractivity contribution in [3.8, 4) is 0 Å². The van der Waals surface area contributed by atoms with Crippen LogP contribution in [0.3, 0.4) is 0 Å². The van der Waals surface area contributed by atoms with E-state index in [-0.39, 0.29) is 27.6 Å². The largest absolute Gasteiger partial charge is 0.345 e. The number of hydrogen-bond acceptors (Lipinski definition) is 3. The van der Waals surface area contributed by atoms with Crippen molar-refractivity contribution in [1.29, 1.82) is 0 Å². The van der Waals surface area contributed by atoms with Crippen LogP contribution in [0, 0.1) is 0 Å². The second-order valence-electron chi connectivity index (χ2n) is 6.64. The average molecular weight is 409 g/mol. The Morgan fingerprint density at radius 3 is 2.37 bits per heavy atom. The Morgan fingerprint density at radius 1 is 1.11 bits per heavy atom. The van der Waals surface area contributed by atoms with Gasteiger partial charge >= 0.3 is 0 Å². The third-order valence-corrected chi connectivity index (χ3v) is 5.95. The molecule has 1 amide bonds. The van der Waals surface area contributed by atoms with Crippen molar-refractivity contribution >= 4 is 27.5 Å². The lowest BCUT2D eigenvalue weighted by Crippen LogP contribution is -2.31. The Balaban J connectivity index is 2.31. The summed E-state index contributed by atoms with van der Waals surface area (Å²) in [7, 11) is -3.71. The highest BCUT2D eigenvalue weighted by atomic mass is 35.5. The third-order valence-electron chi connectivity index (χ3n) is 3.97. The number of carbonyl (C=O) groups is 1. The molecular formula is C20H25ClN2O3S. The van der Waals surface area contributed by atoms with Gasteiger partial charge in [0.2, 0.25) is 10.0 Å². The Hall–Kier alpha value is -1.89. The van der Waals surface area contributed by atoms with Crippen LogP contribution in [0.15, 0.2) is 53.4 Å². The average Bonchev–Trinajstić information content (AvgIpc) is 2.61. The minimum atomic E-state index is -3.71. The van der Waals surface area contributed by atoms with E-state index < -0.39 is 15.9 Å². The number of carbonyl (C=O) groups excluding carboxylic acids is 1. The molecule has 27 heavy (non-hydrogen) atoms. The van der Waals surface area contributed by atoms with Crippen molar-refractivity contribution < 1.29 is 13.2 Å². The predicted molar refractivity (Wildman–Crippen MR) is 108 cm³/mol. The molecule has 2 N–H and O–H groups in total. The van der Waals surface area contributed by atoms with E-state index in [9.17, 15) is 13.2 Å². The van der Waals surface area contributed by atoms with E-state index in [2.05, 4.69) is 10.0 Å². The van der Waals surface area contributed by atoms with Crippen LogP contribution in [-0.2, 0) is 10.0 Å². The first-order valence-corrected chi connectivity index (χ1v) is 10.8. The first-order valence-electron chi connectivity index (χ1n) is 8.92. The second-order valence-corrected chi connectivity index (χ2v) is 8.76. The molecule has 0 fully saturated rings. The molecule has 0 aromatic heterocycles. The lowest BCUT2D eigenvalue weighted by Gasteiger charge is -2.19. The number of hydrogen-bond donors (Lipinski definition) is 2. The maximum atomic E-state index is 12.8. The standard InChI is InChI=1S/C20H25ClN2O3S/c1-4-8-19(15-9-6-5-7-10-15)22-20(24)17-13-16(11-12-18(17)21)27(25,26)23-14(2)3/h5-7,9-14,19,23H,4,8H2,1-3H3,(H,22,24). The fraction of sp³-hybridized carbons (Fsp3) is 0.350. The van der Waals surface area contributed by atoms with Gasteiger partial charge < -0.3 is 5.32 Å². The van der Waals surface area contributed by atoms with Crippen LogP contribution in [0.1, 0.15) is 55.6 Å². The second kappa shape index (κ2) is 9.35. The van der Waals surface area contributed by atoms with Gasteiger partial charge in [0, 0.05) is 6.04 Å². The highest BCUT2D eigenvalue weighted by molar-refractivity contribution is 7.89. The van der Waals surface area contributed by atoms with Gasteiger partial charge in [-0.25, -0.2) is 13.1 Å². The normalized spacial score (nSPS) is 12.8. The zero-order valence-electron chi connectivity index (χ0n) is 15.7. The van der Waals surface area contributed by atoms with Crippen molar-refractivity contribution in [2.24, 2.45) is 0 Å². The number of benzene rings is 2. The predicted octanol–water partition coefficient (Wildman–Crippen LogP) is 4.30. The maximum Gasteiger partial charge on any atom is 0.253 e. The van der Waals surface area contributed by atoms with Crippen LogP contribution >= 0.6 is 11.6 Å². The van der Waals surface area contributed by atoms with Crippen LogP contribution in [0.25, 0.3) is 0 Å². The SMILES string of the molecule is CCCC(NC(=O)c1cc(S(=O)(=O)NC(C)C)ccc1Cl)c1ccccc1. The smallest absolute Gasteiger partial charge is 0.253 e. The molecule has 2 aromatic carbocycles. The van der Waals surface area contributed by atoms with Crippen LogP contribution in [0.5, 0.6) is 0 Å². The number of nitrogens with one attached hydrogen (secondary N) is 2. The molecular weight excluding hydrogens is 384 g/mol. The summed E-state index contributed by atoms with van der Waals surface area (Å²) in [6.45, 7) is 5.51. The van der Waals surface area contributed by atoms with Crippen molar-refractivity contribution in [3.63, 3.8) is 0 Å². The van der Waals surface area contributed by atoms with Crippen molar-refractivity contribution in [2.45, 2.75) is 50.6 Å². The molecule has 0 saturated heterocycles. The monoisotopic (exact) mass is 408 g/mol. The number of amides is 1. The quantitative estimate of drug-likeness (QED) is 0.683. The van der Waals surface area contributed by atoms with Gasteiger partial charge in [0.1, 0.15) is 0 Å². The molecule has 1 unspecified atom stereocenters. The van der Waals surface area contributed by atoms with Crippen molar-refractivity contribution in [2.75, 3.05) is 0 Å². The molecule has 0 bridgehead atoms. The summed E-state index contributed by atoms with van der Waals surface area (Å²) >= 11 is 6.18. The number of halogens is 1. The Labute approximate surface area is 166 Å². The molecule has 1 atom stereocenters. The highest BCUT2D eigenvalue weighted by Crippen LogP contribution is 2.23. The van der Waals surface area contributed by atoms with Crippen LogP contribution in [0.4, 0.5) is 0 Å². The van der Waals surface area contributed by atoms with E-state index in [4.69, 9.17) is 11.6 Å². The zero-order valence-corrected chi connectivity index (χ0v) is 17.3. The maximum absolute atomic E-state index is 12.8. The summed E-state index contributed by atoms with van der Waals surface area (Å²) in [6, 6.07) is 13.4. The summed E-state index contributed by atoms with van der Waals surface area (Å²) < 4.78 is 27.3. The van der Waals surface area contributed by atoms with Crippen LogP contribution < -0.4 is 10.0 Å². The molecule has 7 heteroatoms. The minimum Gasteiger partial charge on any atom is -0.345 e. The molecule has 2 rings (SSSR count). The fourth-order valence-corrected chi connectivity index (χ4v) is 4.24. The van der Waals surface area contributed by atoms with Crippen LogP contribution in [0.2, 0.25) is 5.02 Å². The molecule has 0 aliphatic rings. The molecule has 0 radical (unpaired) electrons. The van der Waals surface area contributed by atoms with Gasteiger partial charge in [-0.2, -0.15) is 0 Å². The van der Waals surface area contributed by atoms with Crippen LogP contribution in [-0.4, -0.2) is 20.4 Å². The van der Waals surface area contributed by atoms with E-state index in [1.165, 1.54) is 18.2 Å². The summed E-state index contributed by atoms with van der Waals surface area (Å²) in [5.41, 5.74) is 1.13. The molecule has 2 aromatic rings.